The van der Waals surface area contributed by atoms with Crippen LogP contribution in [0.5, 0.6) is 11.5 Å². The summed E-state index contributed by atoms with van der Waals surface area (Å²) in [5.41, 5.74) is 2.71. The zero-order chi connectivity index (χ0) is 25.0. The fraction of sp³-hybridized carbons (Fsp3) is 0.222. The molecule has 9 nitrogen and oxygen atoms in total. The zero-order valence-electron chi connectivity index (χ0n) is 19.7. The Morgan fingerprint density at radius 3 is 2.31 bits per heavy atom. The van der Waals surface area contributed by atoms with E-state index in [1.807, 2.05) is 41.3 Å². The lowest BCUT2D eigenvalue weighted by molar-refractivity contribution is 0.0775. The second kappa shape index (κ2) is 9.88. The third-order valence-corrected chi connectivity index (χ3v) is 6.54. The minimum atomic E-state index is -0.558. The maximum absolute atomic E-state index is 13.2. The van der Waals surface area contributed by atoms with E-state index < -0.39 is 5.41 Å². The van der Waals surface area contributed by atoms with Gasteiger partial charge in [-0.2, -0.15) is 5.26 Å². The molecule has 0 spiro atoms. The smallest absolute Gasteiger partial charge is 0.253 e. The van der Waals surface area contributed by atoms with Crippen molar-refractivity contribution in [2.75, 3.05) is 26.8 Å². The maximum atomic E-state index is 13.2. The number of hydrogen-bond acceptors (Lipinski definition) is 7. The van der Waals surface area contributed by atoms with Crippen LogP contribution < -0.4 is 9.47 Å². The first-order valence-electron chi connectivity index (χ1n) is 11.5. The van der Waals surface area contributed by atoms with E-state index in [1.165, 1.54) is 0 Å². The van der Waals surface area contributed by atoms with Gasteiger partial charge in [0.1, 0.15) is 18.1 Å². The molecule has 9 heteroatoms. The van der Waals surface area contributed by atoms with Crippen LogP contribution in [0.1, 0.15) is 28.2 Å². The van der Waals surface area contributed by atoms with E-state index in [2.05, 4.69) is 26.7 Å². The maximum Gasteiger partial charge on any atom is 0.253 e. The number of nitrogens with zero attached hydrogens (tertiary/aromatic N) is 5. The molecule has 1 aromatic heterocycles. The van der Waals surface area contributed by atoms with Crippen molar-refractivity contribution in [3.63, 3.8) is 0 Å². The predicted molar refractivity (Wildman–Crippen MR) is 131 cm³/mol. The molecule has 0 saturated carbocycles. The minimum Gasteiger partial charge on any atom is -0.497 e. The third kappa shape index (κ3) is 4.61. The van der Waals surface area contributed by atoms with Gasteiger partial charge >= 0.3 is 0 Å². The van der Waals surface area contributed by atoms with Crippen LogP contribution in [0.4, 0.5) is 0 Å². The number of benzene rings is 3. The van der Waals surface area contributed by atoms with Crippen molar-refractivity contribution in [2.45, 2.75) is 11.8 Å². The SMILES string of the molecule is COc1ccc(C(=O)N2CCC(COc3ccc(-c4ccc(C#N)cc4)cc3)(c3nnn[nH]3)C2)cc1. The van der Waals surface area contributed by atoms with Crippen molar-refractivity contribution >= 4 is 5.91 Å². The van der Waals surface area contributed by atoms with Crippen molar-refractivity contribution < 1.29 is 14.3 Å². The Hall–Kier alpha value is -4.71. The zero-order valence-corrected chi connectivity index (χ0v) is 19.7. The molecule has 0 radical (unpaired) electrons. The first-order valence-corrected chi connectivity index (χ1v) is 11.5. The van der Waals surface area contributed by atoms with E-state index in [-0.39, 0.29) is 5.91 Å². The van der Waals surface area contributed by atoms with Crippen LogP contribution >= 0.6 is 0 Å². The van der Waals surface area contributed by atoms with Crippen LogP contribution in [0.2, 0.25) is 0 Å². The molecule has 1 saturated heterocycles. The van der Waals surface area contributed by atoms with Crippen LogP contribution in [-0.4, -0.2) is 58.2 Å². The number of tetrazole rings is 1. The molecule has 4 aromatic rings. The summed E-state index contributed by atoms with van der Waals surface area (Å²) in [6.45, 7) is 1.30. The number of amides is 1. The van der Waals surface area contributed by atoms with Gasteiger partial charge in [0, 0.05) is 18.7 Å². The summed E-state index contributed by atoms with van der Waals surface area (Å²) >= 11 is 0. The van der Waals surface area contributed by atoms with Crippen LogP contribution in [0.25, 0.3) is 11.1 Å². The molecule has 3 aromatic carbocycles. The molecule has 0 aliphatic carbocycles. The molecule has 1 atom stereocenters. The Morgan fingerprint density at radius 1 is 1.03 bits per heavy atom. The van der Waals surface area contributed by atoms with Crippen molar-refractivity contribution in [3.05, 3.63) is 89.7 Å². The lowest BCUT2D eigenvalue weighted by atomic mass is 9.87. The average Bonchev–Trinajstić information content (AvgIpc) is 3.64. The van der Waals surface area contributed by atoms with Gasteiger partial charge in [-0.05, 0) is 76.5 Å². The quantitative estimate of drug-likeness (QED) is 0.429. The number of nitriles is 1. The van der Waals surface area contributed by atoms with E-state index in [9.17, 15) is 4.79 Å². The van der Waals surface area contributed by atoms with Crippen LogP contribution in [0.3, 0.4) is 0 Å². The summed E-state index contributed by atoms with van der Waals surface area (Å²) in [4.78, 5) is 15.0. The van der Waals surface area contributed by atoms with Crippen LogP contribution in [-0.2, 0) is 5.41 Å². The summed E-state index contributed by atoms with van der Waals surface area (Å²) in [5.74, 6) is 1.95. The number of H-pyrrole nitrogens is 1. The minimum absolute atomic E-state index is 0.0567. The highest BCUT2D eigenvalue weighted by atomic mass is 16.5. The second-order valence-corrected chi connectivity index (χ2v) is 8.74. The molecule has 1 unspecified atom stereocenters. The molecule has 0 bridgehead atoms. The summed E-state index contributed by atoms with van der Waals surface area (Å²) in [6, 6.07) is 24.5. The number of aromatic amines is 1. The van der Waals surface area contributed by atoms with Gasteiger partial charge in [0.05, 0.1) is 24.2 Å². The summed E-state index contributed by atoms with van der Waals surface area (Å²) in [7, 11) is 1.59. The van der Waals surface area contributed by atoms with Gasteiger partial charge in [-0.1, -0.05) is 24.3 Å². The lowest BCUT2D eigenvalue weighted by Crippen LogP contribution is -2.39. The topological polar surface area (TPSA) is 117 Å². The number of ether oxygens (including phenoxy) is 2. The molecule has 1 amide bonds. The molecular formula is C27H24N6O3. The number of rotatable bonds is 7. The lowest BCUT2D eigenvalue weighted by Gasteiger charge is -2.26. The van der Waals surface area contributed by atoms with E-state index in [1.54, 1.807) is 43.5 Å². The van der Waals surface area contributed by atoms with Crippen LogP contribution in [0, 0.1) is 11.3 Å². The number of hydrogen-bond donors (Lipinski definition) is 1. The number of likely N-dealkylation sites (tertiary alicyclic amines) is 1. The Bertz CT molecular complexity index is 1360. The molecule has 2 heterocycles. The molecule has 5 rings (SSSR count). The largest absolute Gasteiger partial charge is 0.497 e. The van der Waals surface area contributed by atoms with E-state index in [0.717, 1.165) is 11.1 Å². The van der Waals surface area contributed by atoms with Gasteiger partial charge in [0.15, 0.2) is 5.82 Å². The van der Waals surface area contributed by atoms with Crippen molar-refractivity contribution in [1.29, 1.82) is 5.26 Å². The fourth-order valence-corrected chi connectivity index (χ4v) is 4.43. The molecule has 1 N–H and O–H groups in total. The Morgan fingerprint density at radius 2 is 1.69 bits per heavy atom. The number of carbonyl (C=O) groups excluding carboxylic acids is 1. The van der Waals surface area contributed by atoms with Crippen molar-refractivity contribution in [1.82, 2.24) is 25.5 Å². The number of aromatic nitrogens is 4. The Balaban J connectivity index is 1.30. The van der Waals surface area contributed by atoms with Gasteiger partial charge in [-0.3, -0.25) is 4.79 Å². The molecule has 36 heavy (non-hydrogen) atoms. The van der Waals surface area contributed by atoms with Crippen molar-refractivity contribution in [3.8, 4) is 28.7 Å². The van der Waals surface area contributed by atoms with Gasteiger partial charge in [-0.15, -0.1) is 5.10 Å². The van der Waals surface area contributed by atoms with E-state index in [4.69, 9.17) is 14.7 Å². The number of carbonyl (C=O) groups is 1. The number of methoxy groups -OCH3 is 1. The Labute approximate surface area is 208 Å². The molecule has 180 valence electrons. The monoisotopic (exact) mass is 480 g/mol. The molecular weight excluding hydrogens is 456 g/mol. The fourth-order valence-electron chi connectivity index (χ4n) is 4.43. The van der Waals surface area contributed by atoms with Crippen molar-refractivity contribution in [2.24, 2.45) is 0 Å². The van der Waals surface area contributed by atoms with Gasteiger partial charge in [-0.25, -0.2) is 5.10 Å². The predicted octanol–water partition coefficient (Wildman–Crippen LogP) is 3.61. The normalized spacial score (nSPS) is 16.9. The first kappa shape index (κ1) is 23.1. The average molecular weight is 481 g/mol. The Kier molecular flexibility index (Phi) is 6.33. The van der Waals surface area contributed by atoms with Gasteiger partial charge in [0.2, 0.25) is 0 Å². The van der Waals surface area contributed by atoms with E-state index >= 15 is 0 Å². The highest BCUT2D eigenvalue weighted by Crippen LogP contribution is 2.34. The first-order chi connectivity index (χ1) is 17.6. The highest BCUT2D eigenvalue weighted by Gasteiger charge is 2.45. The molecule has 1 fully saturated rings. The van der Waals surface area contributed by atoms with Crippen LogP contribution in [0.15, 0.2) is 72.8 Å². The third-order valence-electron chi connectivity index (χ3n) is 6.54. The summed E-state index contributed by atoms with van der Waals surface area (Å²) in [6.07, 6.45) is 0.662. The van der Waals surface area contributed by atoms with Gasteiger partial charge < -0.3 is 14.4 Å². The van der Waals surface area contributed by atoms with Gasteiger partial charge in [0.25, 0.3) is 5.91 Å². The number of nitrogens with one attached hydrogen (secondary N) is 1. The second-order valence-electron chi connectivity index (χ2n) is 8.74. The molecule has 1 aliphatic heterocycles. The highest BCUT2D eigenvalue weighted by molar-refractivity contribution is 5.94. The summed E-state index contributed by atoms with van der Waals surface area (Å²) < 4.78 is 11.4. The molecule has 1 aliphatic rings. The standard InChI is InChI=1S/C27H24N6O3/c1-35-23-10-8-22(9-11-23)25(34)33-15-14-27(17-33,26-29-31-32-30-26)18-36-24-12-6-21(7-13-24)20-4-2-19(16-28)3-5-20/h2-13H,14-15,17-18H2,1H3,(H,29,30,31,32). The summed E-state index contributed by atoms with van der Waals surface area (Å²) in [5, 5.41) is 23.6. The van der Waals surface area contributed by atoms with E-state index in [0.29, 0.717) is 54.6 Å².